The summed E-state index contributed by atoms with van der Waals surface area (Å²) < 4.78 is 5.58. The average Bonchev–Trinajstić information content (AvgIpc) is 2.89. The summed E-state index contributed by atoms with van der Waals surface area (Å²) in [6, 6.07) is 0.176. The van der Waals surface area contributed by atoms with Crippen molar-refractivity contribution in [3.63, 3.8) is 0 Å². The standard InChI is InChI=1S/C10H14ClN5S/c1-6-7(10(11)16(3)14-6)4-8(12-2)9-5-13-15-17-9/h5,8,12H,4H2,1-3H3. The monoisotopic (exact) mass is 271 g/mol. The number of nitrogens with zero attached hydrogens (tertiary/aromatic N) is 4. The molecule has 5 nitrogen and oxygen atoms in total. The van der Waals surface area contributed by atoms with Crippen LogP contribution >= 0.6 is 23.1 Å². The Labute approximate surface area is 109 Å². The number of likely N-dealkylation sites (N-methyl/N-ethyl adjacent to an activating group) is 1. The van der Waals surface area contributed by atoms with E-state index in [2.05, 4.69) is 20.0 Å². The lowest BCUT2D eigenvalue weighted by Crippen LogP contribution is -2.18. The van der Waals surface area contributed by atoms with Crippen LogP contribution in [-0.4, -0.2) is 26.4 Å². The van der Waals surface area contributed by atoms with Crippen molar-refractivity contribution in [2.45, 2.75) is 19.4 Å². The number of aryl methyl sites for hydroxylation is 2. The van der Waals surface area contributed by atoms with Gasteiger partial charge in [0.15, 0.2) is 0 Å². The van der Waals surface area contributed by atoms with Crippen LogP contribution in [0.1, 0.15) is 22.2 Å². The molecule has 1 unspecified atom stereocenters. The first kappa shape index (κ1) is 12.5. The van der Waals surface area contributed by atoms with Crippen molar-refractivity contribution in [2.24, 2.45) is 7.05 Å². The highest BCUT2D eigenvalue weighted by Crippen LogP contribution is 2.26. The van der Waals surface area contributed by atoms with Crippen LogP contribution in [0.25, 0.3) is 0 Å². The van der Waals surface area contributed by atoms with E-state index in [0.717, 1.165) is 22.6 Å². The lowest BCUT2D eigenvalue weighted by molar-refractivity contribution is 0.599. The van der Waals surface area contributed by atoms with Gasteiger partial charge in [0.2, 0.25) is 0 Å². The molecule has 0 aliphatic heterocycles. The third kappa shape index (κ3) is 2.48. The van der Waals surface area contributed by atoms with Gasteiger partial charge in [0.05, 0.1) is 16.8 Å². The fourth-order valence-corrected chi connectivity index (χ4v) is 2.65. The van der Waals surface area contributed by atoms with Gasteiger partial charge in [0, 0.05) is 18.7 Å². The molecule has 0 aliphatic rings. The lowest BCUT2D eigenvalue weighted by atomic mass is 10.1. The summed E-state index contributed by atoms with van der Waals surface area (Å²) in [6.07, 6.45) is 2.57. The third-order valence-corrected chi connectivity index (χ3v) is 4.00. The Morgan fingerprint density at radius 2 is 2.35 bits per heavy atom. The zero-order valence-electron chi connectivity index (χ0n) is 9.94. The molecule has 2 aromatic heterocycles. The Bertz CT molecular complexity index is 493. The second kappa shape index (κ2) is 5.12. The average molecular weight is 272 g/mol. The summed E-state index contributed by atoms with van der Waals surface area (Å²) >= 11 is 7.62. The van der Waals surface area contributed by atoms with E-state index in [1.165, 1.54) is 11.5 Å². The van der Waals surface area contributed by atoms with Crippen molar-refractivity contribution in [3.8, 4) is 0 Å². The van der Waals surface area contributed by atoms with Crippen LogP contribution < -0.4 is 5.32 Å². The van der Waals surface area contributed by atoms with Gasteiger partial charge in [-0.2, -0.15) is 5.10 Å². The number of halogens is 1. The lowest BCUT2D eigenvalue weighted by Gasteiger charge is -2.13. The molecule has 0 aliphatic carbocycles. The number of hydrogen-bond acceptors (Lipinski definition) is 5. The quantitative estimate of drug-likeness (QED) is 0.920. The summed E-state index contributed by atoms with van der Waals surface area (Å²) in [6.45, 7) is 1.97. The fourth-order valence-electron chi connectivity index (χ4n) is 1.78. The predicted molar refractivity (Wildman–Crippen MR) is 68.4 cm³/mol. The molecular formula is C10H14ClN5S. The van der Waals surface area contributed by atoms with Gasteiger partial charge in [-0.1, -0.05) is 16.1 Å². The number of hydrogen-bond donors (Lipinski definition) is 1. The van der Waals surface area contributed by atoms with Crippen LogP contribution in [-0.2, 0) is 13.5 Å². The van der Waals surface area contributed by atoms with Gasteiger partial charge >= 0.3 is 0 Å². The van der Waals surface area contributed by atoms with E-state index >= 15 is 0 Å². The molecule has 0 amide bonds. The summed E-state index contributed by atoms with van der Waals surface area (Å²) in [4.78, 5) is 1.10. The van der Waals surface area contributed by atoms with Crippen molar-refractivity contribution in [1.82, 2.24) is 24.7 Å². The Balaban J connectivity index is 2.24. The fraction of sp³-hybridized carbons (Fsp3) is 0.500. The van der Waals surface area contributed by atoms with E-state index in [9.17, 15) is 0 Å². The first-order chi connectivity index (χ1) is 8.13. The highest BCUT2D eigenvalue weighted by molar-refractivity contribution is 7.05. The molecule has 92 valence electrons. The van der Waals surface area contributed by atoms with Gasteiger partial charge in [0.1, 0.15) is 5.15 Å². The van der Waals surface area contributed by atoms with Gasteiger partial charge in [-0.3, -0.25) is 4.68 Å². The minimum absolute atomic E-state index is 0.176. The van der Waals surface area contributed by atoms with Crippen LogP contribution in [0.15, 0.2) is 6.20 Å². The third-order valence-electron chi connectivity index (χ3n) is 2.75. The van der Waals surface area contributed by atoms with E-state index < -0.39 is 0 Å². The highest BCUT2D eigenvalue weighted by atomic mass is 35.5. The molecule has 0 radical (unpaired) electrons. The van der Waals surface area contributed by atoms with Crippen LogP contribution in [0.4, 0.5) is 0 Å². The van der Waals surface area contributed by atoms with Crippen molar-refractivity contribution in [3.05, 3.63) is 27.5 Å². The molecule has 2 aromatic rings. The first-order valence-corrected chi connectivity index (χ1v) is 6.41. The first-order valence-electron chi connectivity index (χ1n) is 5.26. The van der Waals surface area contributed by atoms with Crippen LogP contribution in [0, 0.1) is 6.92 Å². The molecule has 7 heteroatoms. The molecular weight excluding hydrogens is 258 g/mol. The second-order valence-corrected chi connectivity index (χ2v) is 5.02. The van der Waals surface area contributed by atoms with Crippen LogP contribution in [0.3, 0.4) is 0 Å². The molecule has 0 aromatic carbocycles. The predicted octanol–water partition coefficient (Wildman–Crippen LogP) is 1.74. The minimum atomic E-state index is 0.176. The maximum atomic E-state index is 6.22. The van der Waals surface area contributed by atoms with Crippen molar-refractivity contribution >= 4 is 23.1 Å². The molecule has 1 N–H and O–H groups in total. The van der Waals surface area contributed by atoms with E-state index in [1.54, 1.807) is 10.9 Å². The van der Waals surface area contributed by atoms with Gasteiger partial charge < -0.3 is 5.32 Å². The number of nitrogens with one attached hydrogen (secondary N) is 1. The zero-order valence-corrected chi connectivity index (χ0v) is 11.5. The summed E-state index contributed by atoms with van der Waals surface area (Å²) in [7, 11) is 3.77. The number of rotatable bonds is 4. The highest BCUT2D eigenvalue weighted by Gasteiger charge is 2.18. The molecule has 2 rings (SSSR count). The number of aromatic nitrogens is 4. The molecule has 0 bridgehead atoms. The summed E-state index contributed by atoms with van der Waals surface area (Å²) in [5.41, 5.74) is 2.04. The Hall–Kier alpha value is -0.980. The van der Waals surface area contributed by atoms with E-state index in [4.69, 9.17) is 11.6 Å². The smallest absolute Gasteiger partial charge is 0.130 e. The molecule has 1 atom stereocenters. The van der Waals surface area contributed by atoms with Gasteiger partial charge in [-0.15, -0.1) is 5.10 Å². The van der Waals surface area contributed by atoms with Crippen LogP contribution in [0.2, 0.25) is 5.15 Å². The van der Waals surface area contributed by atoms with E-state index in [1.807, 2.05) is 21.0 Å². The summed E-state index contributed by atoms with van der Waals surface area (Å²) in [5, 5.41) is 12.1. The molecule has 0 spiro atoms. The molecule has 2 heterocycles. The van der Waals surface area contributed by atoms with Crippen molar-refractivity contribution < 1.29 is 0 Å². The SMILES string of the molecule is CNC(Cc1c(C)nn(C)c1Cl)c1cnns1. The topological polar surface area (TPSA) is 55.6 Å². The normalized spacial score (nSPS) is 12.9. The summed E-state index contributed by atoms with van der Waals surface area (Å²) in [5.74, 6) is 0. The van der Waals surface area contributed by atoms with Crippen molar-refractivity contribution in [2.75, 3.05) is 7.05 Å². The molecule has 17 heavy (non-hydrogen) atoms. The largest absolute Gasteiger partial charge is 0.312 e. The minimum Gasteiger partial charge on any atom is -0.312 e. The van der Waals surface area contributed by atoms with E-state index in [0.29, 0.717) is 5.15 Å². The maximum absolute atomic E-state index is 6.22. The van der Waals surface area contributed by atoms with Crippen molar-refractivity contribution in [1.29, 1.82) is 0 Å². The van der Waals surface area contributed by atoms with Crippen LogP contribution in [0.5, 0.6) is 0 Å². The van der Waals surface area contributed by atoms with Gasteiger partial charge in [-0.05, 0) is 31.9 Å². The van der Waals surface area contributed by atoms with E-state index in [-0.39, 0.29) is 6.04 Å². The van der Waals surface area contributed by atoms with Gasteiger partial charge in [-0.25, -0.2) is 0 Å². The second-order valence-electron chi connectivity index (χ2n) is 3.84. The van der Waals surface area contributed by atoms with Gasteiger partial charge in [0.25, 0.3) is 0 Å². The Morgan fingerprint density at radius 1 is 1.59 bits per heavy atom. The Kier molecular flexibility index (Phi) is 3.76. The molecule has 0 fully saturated rings. The maximum Gasteiger partial charge on any atom is 0.130 e. The molecule has 0 saturated heterocycles. The Morgan fingerprint density at radius 3 is 2.82 bits per heavy atom. The zero-order chi connectivity index (χ0) is 12.4. The molecule has 0 saturated carbocycles.